The third kappa shape index (κ3) is 3.40. The van der Waals surface area contributed by atoms with Gasteiger partial charge in [0.2, 0.25) is 0 Å². The summed E-state index contributed by atoms with van der Waals surface area (Å²) in [4.78, 5) is 0.123. The molecule has 0 fully saturated rings. The Bertz CT molecular complexity index is 773. The van der Waals surface area contributed by atoms with E-state index in [1.54, 1.807) is 26.0 Å². The van der Waals surface area contributed by atoms with Crippen molar-refractivity contribution < 1.29 is 12.8 Å². The van der Waals surface area contributed by atoms with E-state index in [4.69, 9.17) is 5.73 Å². The fourth-order valence-electron chi connectivity index (χ4n) is 1.93. The average molecular weight is 308 g/mol. The first-order chi connectivity index (χ1) is 9.83. The maximum Gasteiger partial charge on any atom is 0.261 e. The van der Waals surface area contributed by atoms with Gasteiger partial charge in [-0.2, -0.15) is 0 Å². The van der Waals surface area contributed by atoms with Crippen molar-refractivity contribution in [2.75, 3.05) is 4.72 Å². The molecule has 0 aliphatic rings. The van der Waals surface area contributed by atoms with Gasteiger partial charge in [-0.05, 0) is 54.8 Å². The number of anilines is 1. The van der Waals surface area contributed by atoms with Crippen molar-refractivity contribution in [3.8, 4) is 0 Å². The lowest BCUT2D eigenvalue weighted by atomic mass is 10.1. The summed E-state index contributed by atoms with van der Waals surface area (Å²) >= 11 is 0. The van der Waals surface area contributed by atoms with Gasteiger partial charge in [-0.15, -0.1) is 0 Å². The molecule has 0 spiro atoms. The summed E-state index contributed by atoms with van der Waals surface area (Å²) in [6.45, 7) is 3.76. The summed E-state index contributed by atoms with van der Waals surface area (Å²) < 4.78 is 40.4. The molecular formula is C15H17FN2O2S. The van der Waals surface area contributed by atoms with E-state index >= 15 is 0 Å². The van der Waals surface area contributed by atoms with Crippen molar-refractivity contribution in [1.29, 1.82) is 0 Å². The molecule has 2 rings (SSSR count). The van der Waals surface area contributed by atoms with Crippen LogP contribution in [0, 0.1) is 19.7 Å². The van der Waals surface area contributed by atoms with Crippen LogP contribution in [0.25, 0.3) is 0 Å². The van der Waals surface area contributed by atoms with Gasteiger partial charge < -0.3 is 5.73 Å². The van der Waals surface area contributed by atoms with Crippen LogP contribution in [0.15, 0.2) is 41.3 Å². The molecule has 6 heteroatoms. The number of hydrogen-bond donors (Lipinski definition) is 2. The summed E-state index contributed by atoms with van der Waals surface area (Å²) in [6.07, 6.45) is 0. The second-order valence-corrected chi connectivity index (χ2v) is 6.54. The summed E-state index contributed by atoms with van der Waals surface area (Å²) in [5.41, 5.74) is 7.90. The molecule has 0 aromatic heterocycles. The number of nitrogens with one attached hydrogen (secondary N) is 1. The monoisotopic (exact) mass is 308 g/mol. The highest BCUT2D eigenvalue weighted by Crippen LogP contribution is 2.20. The van der Waals surface area contributed by atoms with Crippen LogP contribution in [0.5, 0.6) is 0 Å². The van der Waals surface area contributed by atoms with Crippen LogP contribution < -0.4 is 10.5 Å². The minimum absolute atomic E-state index is 0.123. The molecule has 3 N–H and O–H groups in total. The zero-order valence-corrected chi connectivity index (χ0v) is 12.7. The molecule has 0 atom stereocenters. The number of nitrogens with two attached hydrogens (primary N) is 1. The van der Waals surface area contributed by atoms with Crippen molar-refractivity contribution in [3.63, 3.8) is 0 Å². The molecule has 112 valence electrons. The van der Waals surface area contributed by atoms with Gasteiger partial charge >= 0.3 is 0 Å². The smallest absolute Gasteiger partial charge is 0.261 e. The van der Waals surface area contributed by atoms with Crippen LogP contribution in [-0.2, 0) is 16.6 Å². The van der Waals surface area contributed by atoms with Crippen LogP contribution in [0.2, 0.25) is 0 Å². The summed E-state index contributed by atoms with van der Waals surface area (Å²) in [5, 5.41) is 0. The van der Waals surface area contributed by atoms with E-state index < -0.39 is 15.8 Å². The van der Waals surface area contributed by atoms with Crippen LogP contribution in [0.4, 0.5) is 10.1 Å². The summed E-state index contributed by atoms with van der Waals surface area (Å²) in [7, 11) is -3.75. The van der Waals surface area contributed by atoms with Crippen LogP contribution in [0.1, 0.15) is 16.7 Å². The molecule has 0 unspecified atom stereocenters. The van der Waals surface area contributed by atoms with E-state index in [2.05, 4.69) is 4.72 Å². The second kappa shape index (κ2) is 5.83. The van der Waals surface area contributed by atoms with Crippen molar-refractivity contribution in [2.45, 2.75) is 25.3 Å². The molecule has 0 aliphatic carbocycles. The van der Waals surface area contributed by atoms with Gasteiger partial charge in [0, 0.05) is 6.54 Å². The highest BCUT2D eigenvalue weighted by molar-refractivity contribution is 7.92. The van der Waals surface area contributed by atoms with E-state index in [0.29, 0.717) is 12.1 Å². The van der Waals surface area contributed by atoms with Crippen LogP contribution >= 0.6 is 0 Å². The predicted octanol–water partition coefficient (Wildman–Crippen LogP) is 2.70. The Kier molecular flexibility index (Phi) is 4.29. The minimum Gasteiger partial charge on any atom is -0.326 e. The van der Waals surface area contributed by atoms with E-state index in [0.717, 1.165) is 17.2 Å². The lowest BCUT2D eigenvalue weighted by molar-refractivity contribution is 0.600. The molecule has 2 aromatic rings. The number of aryl methyl sites for hydroxylation is 2. The first-order valence-electron chi connectivity index (χ1n) is 6.42. The van der Waals surface area contributed by atoms with Gasteiger partial charge in [0.05, 0.1) is 10.6 Å². The van der Waals surface area contributed by atoms with Crippen molar-refractivity contribution >= 4 is 15.7 Å². The molecule has 4 nitrogen and oxygen atoms in total. The van der Waals surface area contributed by atoms with Gasteiger partial charge in [-0.3, -0.25) is 4.72 Å². The molecule has 0 bridgehead atoms. The van der Waals surface area contributed by atoms with Gasteiger partial charge in [0.25, 0.3) is 10.0 Å². The molecule has 0 radical (unpaired) electrons. The molecule has 2 aromatic carbocycles. The minimum atomic E-state index is -3.75. The first-order valence-corrected chi connectivity index (χ1v) is 7.90. The molecular weight excluding hydrogens is 291 g/mol. The molecule has 0 saturated carbocycles. The third-order valence-electron chi connectivity index (χ3n) is 3.27. The Morgan fingerprint density at radius 3 is 2.38 bits per heavy atom. The highest BCUT2D eigenvalue weighted by Gasteiger charge is 2.15. The molecule has 21 heavy (non-hydrogen) atoms. The molecule has 0 saturated heterocycles. The average Bonchev–Trinajstić information content (AvgIpc) is 2.42. The summed E-state index contributed by atoms with van der Waals surface area (Å²) in [5.74, 6) is -0.454. The fourth-order valence-corrected chi connectivity index (χ4v) is 3.07. The van der Waals surface area contributed by atoms with Gasteiger partial charge in [-0.1, -0.05) is 12.1 Å². The predicted molar refractivity (Wildman–Crippen MR) is 81.0 cm³/mol. The Morgan fingerprint density at radius 1 is 1.10 bits per heavy atom. The quantitative estimate of drug-likeness (QED) is 0.912. The topological polar surface area (TPSA) is 72.2 Å². The zero-order chi connectivity index (χ0) is 15.6. The molecule has 0 heterocycles. The van der Waals surface area contributed by atoms with Crippen LogP contribution in [0.3, 0.4) is 0 Å². The molecule has 0 aliphatic heterocycles. The Morgan fingerprint density at radius 2 is 1.81 bits per heavy atom. The van der Waals surface area contributed by atoms with Crippen molar-refractivity contribution in [3.05, 3.63) is 58.9 Å². The van der Waals surface area contributed by atoms with E-state index in [-0.39, 0.29) is 10.6 Å². The third-order valence-corrected chi connectivity index (χ3v) is 4.65. The SMILES string of the molecule is Cc1ccc(NS(=O)(=O)c2ccc(CN)c(C)c2)cc1F. The maximum atomic E-state index is 13.5. The number of sulfonamides is 1. The lowest BCUT2D eigenvalue weighted by Gasteiger charge is -2.11. The number of benzene rings is 2. The van der Waals surface area contributed by atoms with E-state index in [1.165, 1.54) is 18.2 Å². The van der Waals surface area contributed by atoms with Gasteiger partial charge in [0.15, 0.2) is 0 Å². The largest absolute Gasteiger partial charge is 0.326 e. The Balaban J connectivity index is 2.33. The number of hydrogen-bond acceptors (Lipinski definition) is 3. The van der Waals surface area contributed by atoms with Crippen molar-refractivity contribution in [2.24, 2.45) is 5.73 Å². The Labute approximate surface area is 123 Å². The number of halogens is 1. The Hall–Kier alpha value is -1.92. The normalized spacial score (nSPS) is 11.4. The highest BCUT2D eigenvalue weighted by atomic mass is 32.2. The van der Waals surface area contributed by atoms with E-state index in [1.807, 2.05) is 0 Å². The first kappa shape index (κ1) is 15.5. The fraction of sp³-hybridized carbons (Fsp3) is 0.200. The van der Waals surface area contributed by atoms with Gasteiger partial charge in [0.1, 0.15) is 5.82 Å². The zero-order valence-electron chi connectivity index (χ0n) is 11.9. The second-order valence-electron chi connectivity index (χ2n) is 4.86. The van der Waals surface area contributed by atoms with Crippen molar-refractivity contribution in [1.82, 2.24) is 0 Å². The lowest BCUT2D eigenvalue weighted by Crippen LogP contribution is -2.14. The maximum absolute atomic E-state index is 13.5. The molecule has 0 amide bonds. The standard InChI is InChI=1S/C15H17FN2O2S/c1-10-3-5-13(8-15(10)16)18-21(19,20)14-6-4-12(9-17)11(2)7-14/h3-8,18H,9,17H2,1-2H3. The van der Waals surface area contributed by atoms with Crippen LogP contribution in [-0.4, -0.2) is 8.42 Å². The van der Waals surface area contributed by atoms with Gasteiger partial charge in [-0.25, -0.2) is 12.8 Å². The number of rotatable bonds is 4. The van der Waals surface area contributed by atoms with E-state index in [9.17, 15) is 12.8 Å². The summed E-state index contributed by atoms with van der Waals surface area (Å²) in [6, 6.07) is 8.93.